The van der Waals surface area contributed by atoms with E-state index in [1.807, 2.05) is 12.4 Å². The molecule has 1 saturated heterocycles. The van der Waals surface area contributed by atoms with Crippen molar-refractivity contribution in [1.29, 1.82) is 0 Å². The normalized spacial score (nSPS) is 22.5. The number of likely N-dealkylation sites (N-methyl/N-ethyl adjacent to an activating group) is 1. The molecule has 1 amide bonds. The van der Waals surface area contributed by atoms with Crippen LogP contribution in [0.25, 0.3) is 10.9 Å². The zero-order valence-electron chi connectivity index (χ0n) is 22.4. The number of fused-ring (bicyclic) bond motifs is 1. The third-order valence-corrected chi connectivity index (χ3v) is 7.78. The van der Waals surface area contributed by atoms with Crippen molar-refractivity contribution >= 4 is 16.8 Å². The average molecular weight is 498 g/mol. The van der Waals surface area contributed by atoms with Crippen molar-refractivity contribution in [3.8, 4) is 5.88 Å². The smallest absolute Gasteiger partial charge is 0.236 e. The second kappa shape index (κ2) is 12.3. The molecule has 1 atom stereocenters. The Labute approximate surface area is 215 Å². The first kappa shape index (κ1) is 26.7. The summed E-state index contributed by atoms with van der Waals surface area (Å²) in [4.78, 5) is 30.4. The van der Waals surface area contributed by atoms with Gasteiger partial charge in [0.25, 0.3) is 0 Å². The van der Waals surface area contributed by atoms with E-state index >= 15 is 0 Å². The molecule has 1 aliphatic heterocycles. The zero-order valence-corrected chi connectivity index (χ0v) is 22.4. The number of carbonyl (C=O) groups excluding carboxylic acids is 1. The molecule has 3 heterocycles. The van der Waals surface area contributed by atoms with Crippen molar-refractivity contribution in [2.45, 2.75) is 89.8 Å². The highest BCUT2D eigenvalue weighted by molar-refractivity contribution is 5.85. The van der Waals surface area contributed by atoms with Gasteiger partial charge >= 0.3 is 0 Å². The fraction of sp³-hybridized carbons (Fsp3) is 0.714. The highest BCUT2D eigenvalue weighted by atomic mass is 16.5. The predicted octanol–water partition coefficient (Wildman–Crippen LogP) is 3.95. The van der Waals surface area contributed by atoms with Gasteiger partial charge in [0.15, 0.2) is 0 Å². The van der Waals surface area contributed by atoms with E-state index in [0.29, 0.717) is 24.3 Å². The molecule has 2 aromatic rings. The highest BCUT2D eigenvalue weighted by Crippen LogP contribution is 2.38. The first-order chi connectivity index (χ1) is 17.3. The summed E-state index contributed by atoms with van der Waals surface area (Å²) >= 11 is 0. The van der Waals surface area contributed by atoms with Gasteiger partial charge in [0.2, 0.25) is 11.8 Å². The maximum atomic E-state index is 12.1. The van der Waals surface area contributed by atoms with Crippen LogP contribution in [0.4, 0.5) is 0 Å². The molecule has 8 nitrogen and oxygen atoms in total. The number of amides is 1. The van der Waals surface area contributed by atoms with Gasteiger partial charge in [0.05, 0.1) is 23.6 Å². The third kappa shape index (κ3) is 6.71. The molecule has 2 aliphatic rings. The summed E-state index contributed by atoms with van der Waals surface area (Å²) in [5, 5.41) is 10.9. The van der Waals surface area contributed by atoms with Gasteiger partial charge in [-0.1, -0.05) is 26.7 Å². The Hall–Kier alpha value is -2.32. The lowest BCUT2D eigenvalue weighted by Crippen LogP contribution is -2.43. The largest absolute Gasteiger partial charge is 0.474 e. The second-order valence-electron chi connectivity index (χ2n) is 11.1. The summed E-state index contributed by atoms with van der Waals surface area (Å²) in [5.74, 6) is 2.53. The number of aliphatic hydroxyl groups is 1. The quantitative estimate of drug-likeness (QED) is 0.561. The fourth-order valence-electron chi connectivity index (χ4n) is 5.51. The number of nitrogens with zero attached hydrogens (tertiary/aromatic N) is 5. The molecule has 0 bridgehead atoms. The number of aromatic nitrogens is 3. The predicted molar refractivity (Wildman–Crippen MR) is 141 cm³/mol. The molecule has 0 aromatic carbocycles. The van der Waals surface area contributed by atoms with Crippen LogP contribution in [0.2, 0.25) is 0 Å². The lowest BCUT2D eigenvalue weighted by molar-refractivity contribution is -0.130. The van der Waals surface area contributed by atoms with Crippen LogP contribution in [0.3, 0.4) is 0 Å². The molecule has 2 aromatic heterocycles. The van der Waals surface area contributed by atoms with Gasteiger partial charge < -0.3 is 14.7 Å². The van der Waals surface area contributed by atoms with Crippen molar-refractivity contribution in [2.24, 2.45) is 5.92 Å². The highest BCUT2D eigenvalue weighted by Gasteiger charge is 2.27. The van der Waals surface area contributed by atoms with Gasteiger partial charge in [-0.2, -0.15) is 0 Å². The molecule has 1 unspecified atom stereocenters. The Kier molecular flexibility index (Phi) is 9.12. The monoisotopic (exact) mass is 497 g/mol. The van der Waals surface area contributed by atoms with Gasteiger partial charge in [-0.3, -0.25) is 9.69 Å². The number of rotatable bonds is 9. The lowest BCUT2D eigenvalue weighted by atomic mass is 9.82. The summed E-state index contributed by atoms with van der Waals surface area (Å²) in [5.41, 5.74) is 2.12. The topological polar surface area (TPSA) is 91.7 Å². The van der Waals surface area contributed by atoms with Crippen molar-refractivity contribution < 1.29 is 14.6 Å². The third-order valence-electron chi connectivity index (χ3n) is 7.78. The van der Waals surface area contributed by atoms with E-state index in [1.54, 1.807) is 19.0 Å². The van der Waals surface area contributed by atoms with Crippen LogP contribution in [0, 0.1) is 5.92 Å². The minimum atomic E-state index is -0.193. The average Bonchev–Trinajstić information content (AvgIpc) is 2.86. The molecule has 198 valence electrons. The van der Waals surface area contributed by atoms with Crippen LogP contribution in [-0.2, 0) is 11.2 Å². The number of likely N-dealkylation sites (tertiary alicyclic amines) is 1. The summed E-state index contributed by atoms with van der Waals surface area (Å²) in [6.07, 6.45) is 12.2. The molecule has 1 N–H and O–H groups in total. The van der Waals surface area contributed by atoms with E-state index in [4.69, 9.17) is 19.7 Å². The second-order valence-corrected chi connectivity index (χ2v) is 11.1. The van der Waals surface area contributed by atoms with E-state index in [2.05, 4.69) is 18.7 Å². The van der Waals surface area contributed by atoms with Crippen LogP contribution in [0.15, 0.2) is 12.4 Å². The minimum Gasteiger partial charge on any atom is -0.474 e. The molecule has 1 aliphatic carbocycles. The van der Waals surface area contributed by atoms with E-state index < -0.39 is 0 Å². The van der Waals surface area contributed by atoms with Gasteiger partial charge in [-0.15, -0.1) is 0 Å². The summed E-state index contributed by atoms with van der Waals surface area (Å²) in [6.45, 7) is 6.60. The Morgan fingerprint density at radius 3 is 2.53 bits per heavy atom. The Morgan fingerprint density at radius 1 is 1.14 bits per heavy atom. The molecule has 4 rings (SSSR count). The molecule has 8 heteroatoms. The van der Waals surface area contributed by atoms with E-state index in [1.165, 1.54) is 0 Å². The van der Waals surface area contributed by atoms with E-state index in [9.17, 15) is 9.90 Å². The number of ether oxygens (including phenoxy) is 1. The maximum absolute atomic E-state index is 12.1. The number of pyridine rings is 1. The van der Waals surface area contributed by atoms with Crippen LogP contribution in [0.5, 0.6) is 5.88 Å². The Morgan fingerprint density at radius 2 is 1.86 bits per heavy atom. The molecule has 2 fully saturated rings. The number of hydrogen-bond acceptors (Lipinski definition) is 7. The van der Waals surface area contributed by atoms with E-state index in [0.717, 1.165) is 93.2 Å². The summed E-state index contributed by atoms with van der Waals surface area (Å²) in [7, 11) is 3.60. The molecular formula is C28H43N5O3. The first-order valence-corrected chi connectivity index (χ1v) is 13.8. The van der Waals surface area contributed by atoms with Crippen LogP contribution in [0.1, 0.15) is 82.5 Å². The van der Waals surface area contributed by atoms with Crippen molar-refractivity contribution in [2.75, 3.05) is 33.7 Å². The number of carbonyl (C=O) groups is 1. The van der Waals surface area contributed by atoms with Crippen molar-refractivity contribution in [3.63, 3.8) is 0 Å². The van der Waals surface area contributed by atoms with Gasteiger partial charge in [0, 0.05) is 51.6 Å². The SMILES string of the molecule is CCCC(C)Cc1ncc2c(OC3CCN(CC(=O)N(C)C)CC3)ncc(C3CCC(O)CC3)c2n1. The molecule has 36 heavy (non-hydrogen) atoms. The molecule has 0 spiro atoms. The van der Waals surface area contributed by atoms with Gasteiger partial charge in [-0.25, -0.2) is 15.0 Å². The minimum absolute atomic E-state index is 0.0614. The van der Waals surface area contributed by atoms with Crippen molar-refractivity contribution in [1.82, 2.24) is 24.8 Å². The summed E-state index contributed by atoms with van der Waals surface area (Å²) < 4.78 is 6.44. The molecule has 1 saturated carbocycles. The summed E-state index contributed by atoms with van der Waals surface area (Å²) in [6, 6.07) is 0. The number of aliphatic hydroxyl groups excluding tert-OH is 1. The molecular weight excluding hydrogens is 454 g/mol. The first-order valence-electron chi connectivity index (χ1n) is 13.8. The van der Waals surface area contributed by atoms with Crippen molar-refractivity contribution in [3.05, 3.63) is 23.8 Å². The lowest BCUT2D eigenvalue weighted by Gasteiger charge is -2.32. The number of piperidine rings is 1. The Bertz CT molecular complexity index is 1010. The number of hydrogen-bond donors (Lipinski definition) is 1. The van der Waals surface area contributed by atoms with Crippen LogP contribution in [-0.4, -0.2) is 81.7 Å². The Balaban J connectivity index is 1.53. The van der Waals surface area contributed by atoms with Gasteiger partial charge in [-0.05, 0) is 50.4 Å². The standard InChI is InChI=1S/C28H43N5O3/c1-5-6-19(2)15-25-29-17-24-27(31-25)23(20-7-9-21(34)10-8-20)16-30-28(24)36-22-11-13-33(14-12-22)18-26(35)32(3)4/h16-17,19-22,34H,5-15,18H2,1-4H3. The van der Waals surface area contributed by atoms with Crippen LogP contribution < -0.4 is 4.74 Å². The zero-order chi connectivity index (χ0) is 25.7. The molecule has 0 radical (unpaired) electrons. The van der Waals surface area contributed by atoms with Gasteiger partial charge in [0.1, 0.15) is 11.9 Å². The van der Waals surface area contributed by atoms with E-state index in [-0.39, 0.29) is 18.1 Å². The fourth-order valence-corrected chi connectivity index (χ4v) is 5.51. The van der Waals surface area contributed by atoms with Crippen LogP contribution >= 0.6 is 0 Å². The maximum Gasteiger partial charge on any atom is 0.236 e.